The van der Waals surface area contributed by atoms with Gasteiger partial charge in [-0.1, -0.05) is 43.3 Å². The Kier molecular flexibility index (Phi) is 7.89. The van der Waals surface area contributed by atoms with Crippen LogP contribution in [0.15, 0.2) is 48.5 Å². The molecule has 0 aliphatic rings. The van der Waals surface area contributed by atoms with Gasteiger partial charge in [0.15, 0.2) is 5.11 Å². The molecule has 0 aliphatic carbocycles. The SMILES string of the molecule is CCc1cccc(C)c1NC(=S)NNC(=O)CCCOc1ccccc1. The van der Waals surface area contributed by atoms with Gasteiger partial charge in [0, 0.05) is 12.1 Å². The van der Waals surface area contributed by atoms with Crippen molar-refractivity contribution in [3.05, 3.63) is 59.7 Å². The lowest BCUT2D eigenvalue weighted by molar-refractivity contribution is -0.121. The number of hydrazine groups is 1. The lowest BCUT2D eigenvalue weighted by atomic mass is 10.1. The van der Waals surface area contributed by atoms with Gasteiger partial charge in [0.05, 0.1) is 6.61 Å². The zero-order valence-corrected chi connectivity index (χ0v) is 16.0. The Balaban J connectivity index is 1.68. The van der Waals surface area contributed by atoms with E-state index >= 15 is 0 Å². The smallest absolute Gasteiger partial charge is 0.238 e. The van der Waals surface area contributed by atoms with Gasteiger partial charge in [-0.2, -0.15) is 0 Å². The van der Waals surface area contributed by atoms with Crippen LogP contribution in [0.5, 0.6) is 5.75 Å². The Morgan fingerprint density at radius 1 is 1.08 bits per heavy atom. The van der Waals surface area contributed by atoms with E-state index in [9.17, 15) is 4.79 Å². The van der Waals surface area contributed by atoms with Gasteiger partial charge in [0.2, 0.25) is 5.91 Å². The van der Waals surface area contributed by atoms with Crippen LogP contribution in [0.4, 0.5) is 5.69 Å². The number of thiocarbonyl (C=S) groups is 1. The molecule has 5 nitrogen and oxygen atoms in total. The van der Waals surface area contributed by atoms with Crippen LogP contribution >= 0.6 is 12.2 Å². The molecule has 6 heteroatoms. The van der Waals surface area contributed by atoms with Gasteiger partial charge >= 0.3 is 0 Å². The molecule has 0 unspecified atom stereocenters. The number of amides is 1. The third kappa shape index (κ3) is 6.37. The van der Waals surface area contributed by atoms with Crippen molar-refractivity contribution in [1.82, 2.24) is 10.9 Å². The summed E-state index contributed by atoms with van der Waals surface area (Å²) in [6.45, 7) is 4.61. The van der Waals surface area contributed by atoms with Crippen molar-refractivity contribution >= 4 is 28.9 Å². The topological polar surface area (TPSA) is 62.4 Å². The van der Waals surface area contributed by atoms with E-state index in [1.54, 1.807) is 0 Å². The molecule has 26 heavy (non-hydrogen) atoms. The second-order valence-corrected chi connectivity index (χ2v) is 6.26. The lowest BCUT2D eigenvalue weighted by Gasteiger charge is -2.16. The highest BCUT2D eigenvalue weighted by Gasteiger charge is 2.07. The minimum absolute atomic E-state index is 0.133. The normalized spacial score (nSPS) is 10.1. The van der Waals surface area contributed by atoms with E-state index in [4.69, 9.17) is 17.0 Å². The van der Waals surface area contributed by atoms with E-state index in [2.05, 4.69) is 29.2 Å². The number of nitrogens with one attached hydrogen (secondary N) is 3. The van der Waals surface area contributed by atoms with Gasteiger partial charge in [-0.25, -0.2) is 0 Å². The number of aryl methyl sites for hydroxylation is 2. The van der Waals surface area contributed by atoms with Crippen LogP contribution in [0.1, 0.15) is 30.9 Å². The molecule has 0 atom stereocenters. The summed E-state index contributed by atoms with van der Waals surface area (Å²) in [7, 11) is 0. The summed E-state index contributed by atoms with van der Waals surface area (Å²) in [6, 6.07) is 15.7. The number of ether oxygens (including phenoxy) is 1. The van der Waals surface area contributed by atoms with Crippen LogP contribution in [0.2, 0.25) is 0 Å². The maximum atomic E-state index is 11.9. The molecule has 3 N–H and O–H groups in total. The second kappa shape index (κ2) is 10.4. The van der Waals surface area contributed by atoms with E-state index in [1.807, 2.05) is 49.4 Å². The molecular weight excluding hydrogens is 346 g/mol. The third-order valence-corrected chi connectivity index (χ3v) is 4.06. The highest BCUT2D eigenvalue weighted by Crippen LogP contribution is 2.20. The quantitative estimate of drug-likeness (QED) is 0.393. The summed E-state index contributed by atoms with van der Waals surface area (Å²) >= 11 is 5.26. The molecule has 2 aromatic carbocycles. The molecule has 138 valence electrons. The Labute approximate surface area is 160 Å². The largest absolute Gasteiger partial charge is 0.494 e. The van der Waals surface area contributed by atoms with Crippen LogP contribution in [0.25, 0.3) is 0 Å². The average molecular weight is 372 g/mol. The first-order chi connectivity index (χ1) is 12.6. The molecule has 0 fully saturated rings. The Bertz CT molecular complexity index is 735. The number of benzene rings is 2. The first kappa shape index (κ1) is 19.7. The summed E-state index contributed by atoms with van der Waals surface area (Å²) in [5.41, 5.74) is 8.63. The predicted octanol–water partition coefficient (Wildman–Crippen LogP) is 3.73. The minimum atomic E-state index is -0.133. The van der Waals surface area contributed by atoms with Crippen molar-refractivity contribution < 1.29 is 9.53 Å². The molecule has 0 heterocycles. The molecule has 1 amide bonds. The Morgan fingerprint density at radius 3 is 2.58 bits per heavy atom. The second-order valence-electron chi connectivity index (χ2n) is 5.85. The standard InChI is InChI=1S/C20H25N3O2S/c1-3-16-10-7-9-15(2)19(16)21-20(26)23-22-18(24)13-8-14-25-17-11-5-4-6-12-17/h4-7,9-12H,3,8,13-14H2,1-2H3,(H,22,24)(H2,21,23,26). The van der Waals surface area contributed by atoms with Crippen molar-refractivity contribution in [2.24, 2.45) is 0 Å². The first-order valence-electron chi connectivity index (χ1n) is 8.72. The van der Waals surface area contributed by atoms with Crippen LogP contribution in [0, 0.1) is 6.92 Å². The molecule has 2 rings (SSSR count). The monoisotopic (exact) mass is 371 g/mol. The summed E-state index contributed by atoms with van der Waals surface area (Å²) in [5, 5.41) is 3.52. The molecule has 2 aromatic rings. The van der Waals surface area contributed by atoms with Crippen molar-refractivity contribution in [2.75, 3.05) is 11.9 Å². The first-order valence-corrected chi connectivity index (χ1v) is 9.13. The minimum Gasteiger partial charge on any atom is -0.494 e. The number of hydrogen-bond donors (Lipinski definition) is 3. The van der Waals surface area contributed by atoms with Gasteiger partial charge in [0.25, 0.3) is 0 Å². The summed E-state index contributed by atoms with van der Waals surface area (Å²) in [4.78, 5) is 11.9. The number of para-hydroxylation sites is 2. The summed E-state index contributed by atoms with van der Waals surface area (Å²) in [5.74, 6) is 0.674. The fourth-order valence-electron chi connectivity index (χ4n) is 2.48. The predicted molar refractivity (Wildman–Crippen MR) is 109 cm³/mol. The molecular formula is C20H25N3O2S. The maximum Gasteiger partial charge on any atom is 0.238 e. The van der Waals surface area contributed by atoms with Crippen molar-refractivity contribution in [3.8, 4) is 5.75 Å². The molecule has 0 spiro atoms. The van der Waals surface area contributed by atoms with Crippen LogP contribution in [0.3, 0.4) is 0 Å². The summed E-state index contributed by atoms with van der Waals surface area (Å²) < 4.78 is 5.56. The van der Waals surface area contributed by atoms with E-state index in [1.165, 1.54) is 5.56 Å². The Hall–Kier alpha value is -2.60. The van der Waals surface area contributed by atoms with E-state index in [0.29, 0.717) is 24.6 Å². The molecule has 0 aromatic heterocycles. The van der Waals surface area contributed by atoms with Crippen LogP contribution in [-0.4, -0.2) is 17.6 Å². The zero-order chi connectivity index (χ0) is 18.8. The Morgan fingerprint density at radius 2 is 1.85 bits per heavy atom. The number of carbonyl (C=O) groups excluding carboxylic acids is 1. The van der Waals surface area contributed by atoms with Gasteiger partial charge in [0.1, 0.15) is 5.75 Å². The highest BCUT2D eigenvalue weighted by atomic mass is 32.1. The molecule has 0 saturated heterocycles. The number of anilines is 1. The average Bonchev–Trinajstić information content (AvgIpc) is 2.66. The number of rotatable bonds is 7. The van der Waals surface area contributed by atoms with E-state index in [0.717, 1.165) is 23.4 Å². The summed E-state index contributed by atoms with van der Waals surface area (Å²) in [6.07, 6.45) is 1.88. The zero-order valence-electron chi connectivity index (χ0n) is 15.2. The van der Waals surface area contributed by atoms with Crippen LogP contribution in [-0.2, 0) is 11.2 Å². The fraction of sp³-hybridized carbons (Fsp3) is 0.300. The van der Waals surface area contributed by atoms with Crippen molar-refractivity contribution in [2.45, 2.75) is 33.1 Å². The van der Waals surface area contributed by atoms with Gasteiger partial charge < -0.3 is 10.1 Å². The number of hydrogen-bond acceptors (Lipinski definition) is 3. The molecule has 0 saturated carbocycles. The maximum absolute atomic E-state index is 11.9. The van der Waals surface area contributed by atoms with E-state index in [-0.39, 0.29) is 5.91 Å². The fourth-order valence-corrected chi connectivity index (χ4v) is 2.63. The van der Waals surface area contributed by atoms with Gasteiger partial charge in [-0.05, 0) is 55.2 Å². The van der Waals surface area contributed by atoms with Crippen molar-refractivity contribution in [3.63, 3.8) is 0 Å². The van der Waals surface area contributed by atoms with Crippen LogP contribution < -0.4 is 20.9 Å². The van der Waals surface area contributed by atoms with E-state index < -0.39 is 0 Å². The molecule has 0 radical (unpaired) electrons. The number of carbonyl (C=O) groups is 1. The van der Waals surface area contributed by atoms with Crippen molar-refractivity contribution in [1.29, 1.82) is 0 Å². The third-order valence-electron chi connectivity index (χ3n) is 3.85. The lowest BCUT2D eigenvalue weighted by Crippen LogP contribution is -2.44. The van der Waals surface area contributed by atoms with Gasteiger partial charge in [-0.15, -0.1) is 0 Å². The molecule has 0 bridgehead atoms. The van der Waals surface area contributed by atoms with Gasteiger partial charge in [-0.3, -0.25) is 15.6 Å². The molecule has 0 aliphatic heterocycles. The highest BCUT2D eigenvalue weighted by molar-refractivity contribution is 7.80.